The molecular weight excluding hydrogens is 460 g/mol. The number of carbonyl (C=O) groups excluding carboxylic acids is 1. The van der Waals surface area contributed by atoms with Gasteiger partial charge in [0.2, 0.25) is 0 Å². The third kappa shape index (κ3) is 8.66. The van der Waals surface area contributed by atoms with Crippen molar-refractivity contribution in [1.82, 2.24) is 0 Å². The molecule has 3 rings (SSSR count). The zero-order valence-corrected chi connectivity index (χ0v) is 21.5. The van der Waals surface area contributed by atoms with Crippen molar-refractivity contribution in [3.8, 4) is 35.2 Å². The smallest absolute Gasteiger partial charge is 0.338 e. The Bertz CT molecular complexity index is 1450. The molecule has 0 amide bonds. The van der Waals surface area contributed by atoms with Crippen LogP contribution in [0.1, 0.15) is 49.9 Å². The van der Waals surface area contributed by atoms with Gasteiger partial charge in [-0.25, -0.2) is 4.79 Å². The van der Waals surface area contributed by atoms with Gasteiger partial charge in [-0.3, -0.25) is 0 Å². The molecule has 0 N–H and O–H groups in total. The Morgan fingerprint density at radius 1 is 0.568 bits per heavy atom. The average Bonchev–Trinajstić information content (AvgIpc) is 2.88. The lowest BCUT2D eigenvalue weighted by atomic mass is 10.1. The number of hydrogen-bond donors (Lipinski definition) is 0. The maximum Gasteiger partial charge on any atom is 0.338 e. The third-order valence-electron chi connectivity index (χ3n) is 4.95. The average molecular weight is 489 g/mol. The highest BCUT2D eigenvalue weighted by atomic mass is 16.6. The van der Waals surface area contributed by atoms with Crippen LogP contribution in [0.4, 0.5) is 0 Å². The van der Waals surface area contributed by atoms with Crippen LogP contribution in [0, 0.1) is 23.7 Å². The molecule has 184 valence electrons. The van der Waals surface area contributed by atoms with Gasteiger partial charge < -0.3 is 14.2 Å². The molecule has 0 fully saturated rings. The van der Waals surface area contributed by atoms with Gasteiger partial charge in [-0.15, -0.1) is 0 Å². The number of hydrogen-bond acceptors (Lipinski definition) is 4. The maximum atomic E-state index is 11.7. The topological polar surface area (TPSA) is 44.8 Å². The minimum atomic E-state index is -0.481. The molecule has 0 radical (unpaired) electrons. The van der Waals surface area contributed by atoms with Crippen LogP contribution in [-0.2, 0) is 9.53 Å². The van der Waals surface area contributed by atoms with E-state index < -0.39 is 5.97 Å². The van der Waals surface area contributed by atoms with Crippen LogP contribution in [0.2, 0.25) is 0 Å². The zero-order chi connectivity index (χ0) is 26.8. The summed E-state index contributed by atoms with van der Waals surface area (Å²) in [6.07, 6.45) is 0. The Morgan fingerprint density at radius 2 is 0.919 bits per heavy atom. The highest BCUT2D eigenvalue weighted by Gasteiger charge is 2.08. The van der Waals surface area contributed by atoms with Crippen molar-refractivity contribution in [1.29, 1.82) is 0 Å². The van der Waals surface area contributed by atoms with Crippen molar-refractivity contribution in [2.45, 2.75) is 27.7 Å². The monoisotopic (exact) mass is 488 g/mol. The summed E-state index contributed by atoms with van der Waals surface area (Å²) in [4.78, 5) is 11.7. The summed E-state index contributed by atoms with van der Waals surface area (Å²) in [5.41, 5.74) is 3.87. The van der Waals surface area contributed by atoms with Crippen molar-refractivity contribution in [2.75, 3.05) is 0 Å². The predicted molar refractivity (Wildman–Crippen MR) is 147 cm³/mol. The first-order valence-corrected chi connectivity index (χ1v) is 11.6. The van der Waals surface area contributed by atoms with Gasteiger partial charge in [0.25, 0.3) is 0 Å². The van der Waals surface area contributed by atoms with Gasteiger partial charge >= 0.3 is 5.97 Å². The number of carbonyl (C=O) groups is 1. The van der Waals surface area contributed by atoms with Gasteiger partial charge in [-0.05, 0) is 100 Å². The highest BCUT2D eigenvalue weighted by Crippen LogP contribution is 2.18. The summed E-state index contributed by atoms with van der Waals surface area (Å²) >= 11 is 0. The van der Waals surface area contributed by atoms with Crippen molar-refractivity contribution in [3.63, 3.8) is 0 Å². The van der Waals surface area contributed by atoms with Crippen LogP contribution >= 0.6 is 0 Å². The third-order valence-corrected chi connectivity index (χ3v) is 4.95. The van der Waals surface area contributed by atoms with Gasteiger partial charge in [0, 0.05) is 27.8 Å². The van der Waals surface area contributed by atoms with Crippen LogP contribution < -0.4 is 9.47 Å². The number of allylic oxidation sites excluding steroid dienone is 3. The van der Waals surface area contributed by atoms with E-state index in [1.165, 1.54) is 0 Å². The molecule has 0 saturated carbocycles. The van der Waals surface area contributed by atoms with Gasteiger partial charge in [0.1, 0.15) is 23.0 Å². The molecule has 4 heteroatoms. The van der Waals surface area contributed by atoms with Crippen LogP contribution in [0.25, 0.3) is 0 Å². The molecule has 0 atom stereocenters. The minimum absolute atomic E-state index is 0.328. The van der Waals surface area contributed by atoms with E-state index in [-0.39, 0.29) is 0 Å². The quantitative estimate of drug-likeness (QED) is 0.160. The second kappa shape index (κ2) is 12.7. The number of ether oxygens (including phenoxy) is 3. The van der Waals surface area contributed by atoms with Crippen molar-refractivity contribution in [2.24, 2.45) is 0 Å². The molecule has 37 heavy (non-hydrogen) atoms. The lowest BCUT2D eigenvalue weighted by Gasteiger charge is -2.10. The van der Waals surface area contributed by atoms with E-state index >= 15 is 0 Å². The Balaban J connectivity index is 1.59. The standard InChI is InChI=1S/C33H28O4/c1-23(2)33(34)37-26(6)25(5)36-32-21-17-30(18-22-32)14-12-28-9-7-27(8-10-28)11-13-29-15-19-31(20-16-29)35-24(3)4/h7-10,15-22H,1,3H2,2,4-6H3/b26-25+. The first-order valence-electron chi connectivity index (χ1n) is 11.6. The van der Waals surface area contributed by atoms with E-state index in [2.05, 4.69) is 36.8 Å². The molecule has 0 unspecified atom stereocenters. The predicted octanol–water partition coefficient (Wildman–Crippen LogP) is 7.15. The summed E-state index contributed by atoms with van der Waals surface area (Å²) in [5.74, 6) is 15.0. The second-order valence-electron chi connectivity index (χ2n) is 8.31. The van der Waals surface area contributed by atoms with E-state index in [4.69, 9.17) is 14.2 Å². The fourth-order valence-electron chi connectivity index (χ4n) is 2.89. The van der Waals surface area contributed by atoms with Gasteiger partial charge in [-0.2, -0.15) is 0 Å². The van der Waals surface area contributed by atoms with Crippen LogP contribution in [0.15, 0.2) is 109 Å². The molecule has 4 nitrogen and oxygen atoms in total. The van der Waals surface area contributed by atoms with E-state index in [9.17, 15) is 4.79 Å². The van der Waals surface area contributed by atoms with E-state index in [0.717, 1.165) is 28.0 Å². The number of rotatable bonds is 6. The fourth-order valence-corrected chi connectivity index (χ4v) is 2.89. The Hall–Kier alpha value is -4.93. The number of benzene rings is 3. The Kier molecular flexibility index (Phi) is 9.14. The van der Waals surface area contributed by atoms with E-state index in [1.807, 2.05) is 79.7 Å². The summed E-state index contributed by atoms with van der Waals surface area (Å²) in [7, 11) is 0. The maximum absolute atomic E-state index is 11.7. The van der Waals surface area contributed by atoms with E-state index in [0.29, 0.717) is 28.6 Å². The van der Waals surface area contributed by atoms with Crippen LogP contribution in [0.3, 0.4) is 0 Å². The second-order valence-corrected chi connectivity index (χ2v) is 8.31. The molecule has 0 aliphatic heterocycles. The molecule has 0 spiro atoms. The molecule has 0 saturated heterocycles. The lowest BCUT2D eigenvalue weighted by Crippen LogP contribution is -2.06. The summed E-state index contributed by atoms with van der Waals surface area (Å²) in [5, 5.41) is 0. The van der Waals surface area contributed by atoms with Gasteiger partial charge in [0.05, 0.1) is 5.76 Å². The van der Waals surface area contributed by atoms with Crippen molar-refractivity contribution >= 4 is 5.97 Å². The number of esters is 1. The summed E-state index contributed by atoms with van der Waals surface area (Å²) < 4.78 is 16.4. The summed E-state index contributed by atoms with van der Waals surface area (Å²) in [6, 6.07) is 22.7. The van der Waals surface area contributed by atoms with Crippen LogP contribution in [-0.4, -0.2) is 5.97 Å². The SMILES string of the molecule is C=C(C)Oc1ccc(C#Cc2ccc(C#Cc3ccc(O/C(C)=C(\C)OC(=O)C(=C)C)cc3)cc2)cc1. The van der Waals surface area contributed by atoms with Crippen LogP contribution in [0.5, 0.6) is 11.5 Å². The first-order chi connectivity index (χ1) is 17.7. The largest absolute Gasteiger partial charge is 0.463 e. The molecule has 0 aliphatic carbocycles. The Morgan fingerprint density at radius 3 is 1.27 bits per heavy atom. The zero-order valence-electron chi connectivity index (χ0n) is 21.5. The van der Waals surface area contributed by atoms with Crippen molar-refractivity contribution < 1.29 is 19.0 Å². The first kappa shape index (κ1) is 26.7. The molecule has 0 aliphatic rings. The normalized spacial score (nSPS) is 10.5. The highest BCUT2D eigenvalue weighted by molar-refractivity contribution is 5.87. The molecule has 0 bridgehead atoms. The molecule has 3 aromatic rings. The van der Waals surface area contributed by atoms with Crippen molar-refractivity contribution in [3.05, 3.63) is 131 Å². The minimum Gasteiger partial charge on any atom is -0.463 e. The van der Waals surface area contributed by atoms with E-state index in [1.54, 1.807) is 20.8 Å². The van der Waals surface area contributed by atoms with Gasteiger partial charge in [0.15, 0.2) is 0 Å². The molecule has 0 heterocycles. The summed E-state index contributed by atoms with van der Waals surface area (Å²) in [6.45, 7) is 14.1. The Labute approximate surface area is 218 Å². The molecular formula is C33H28O4. The fraction of sp³-hybridized carbons (Fsp3) is 0.121. The molecule has 3 aromatic carbocycles. The lowest BCUT2D eigenvalue weighted by molar-refractivity contribution is -0.135. The molecule has 0 aromatic heterocycles. The van der Waals surface area contributed by atoms with Gasteiger partial charge in [-0.1, -0.05) is 36.8 Å².